The lowest BCUT2D eigenvalue weighted by Crippen LogP contribution is -2.18. The molecule has 0 saturated heterocycles. The monoisotopic (exact) mass is 199 g/mol. The van der Waals surface area contributed by atoms with Gasteiger partial charge in [-0.2, -0.15) is 0 Å². The van der Waals surface area contributed by atoms with E-state index in [9.17, 15) is 14.9 Å². The van der Waals surface area contributed by atoms with E-state index in [0.29, 0.717) is 6.42 Å². The number of hydrogen-bond acceptors (Lipinski definition) is 4. The Morgan fingerprint density at radius 2 is 2.43 bits per heavy atom. The van der Waals surface area contributed by atoms with Gasteiger partial charge >= 0.3 is 5.97 Å². The summed E-state index contributed by atoms with van der Waals surface area (Å²) in [5.41, 5.74) is 0.238. The molecule has 0 fully saturated rings. The van der Waals surface area contributed by atoms with Gasteiger partial charge in [0.2, 0.25) is 5.70 Å². The summed E-state index contributed by atoms with van der Waals surface area (Å²) in [4.78, 5) is 20.7. The molecule has 0 unspecified atom stereocenters. The van der Waals surface area contributed by atoms with Crippen LogP contribution in [-0.2, 0) is 9.53 Å². The van der Waals surface area contributed by atoms with Gasteiger partial charge < -0.3 is 4.74 Å². The molecule has 78 valence electrons. The summed E-state index contributed by atoms with van der Waals surface area (Å²) < 4.78 is 4.83. The molecule has 1 aliphatic carbocycles. The summed E-state index contributed by atoms with van der Waals surface area (Å²) in [5.74, 6) is -0.421. The number of carbonyl (C=O) groups is 1. The summed E-state index contributed by atoms with van der Waals surface area (Å²) in [6, 6.07) is 0. The van der Waals surface area contributed by atoms with E-state index in [-0.39, 0.29) is 35.0 Å². The van der Waals surface area contributed by atoms with Crippen molar-refractivity contribution in [3.8, 4) is 0 Å². The standard InChI is InChI=1S/C9H13NO4/c1-6-8(5-14-7(2)11)3-4-9(6)10(12)13/h4,6,8H,3,5H2,1-2H3/t6-,8+/m0/s1. The second-order valence-electron chi connectivity index (χ2n) is 3.47. The first-order valence-electron chi connectivity index (χ1n) is 4.50. The van der Waals surface area contributed by atoms with Crippen molar-refractivity contribution in [2.45, 2.75) is 20.3 Å². The molecule has 0 radical (unpaired) electrons. The first-order valence-corrected chi connectivity index (χ1v) is 4.50. The van der Waals surface area contributed by atoms with E-state index >= 15 is 0 Å². The van der Waals surface area contributed by atoms with Crippen LogP contribution in [0.4, 0.5) is 0 Å². The molecular formula is C9H13NO4. The van der Waals surface area contributed by atoms with Gasteiger partial charge in [-0.15, -0.1) is 0 Å². The Kier molecular flexibility index (Phi) is 3.22. The van der Waals surface area contributed by atoms with E-state index < -0.39 is 0 Å². The Bertz CT molecular complexity index is 285. The summed E-state index contributed by atoms with van der Waals surface area (Å²) >= 11 is 0. The summed E-state index contributed by atoms with van der Waals surface area (Å²) in [6.07, 6.45) is 2.23. The molecule has 0 bridgehead atoms. The lowest BCUT2D eigenvalue weighted by atomic mass is 9.97. The molecule has 0 N–H and O–H groups in total. The van der Waals surface area contributed by atoms with E-state index in [1.165, 1.54) is 6.92 Å². The number of esters is 1. The minimum atomic E-state index is -0.363. The van der Waals surface area contributed by atoms with Gasteiger partial charge in [0.25, 0.3) is 0 Å². The maximum Gasteiger partial charge on any atom is 0.302 e. The minimum absolute atomic E-state index is 0.0549. The Hall–Kier alpha value is -1.39. The zero-order valence-electron chi connectivity index (χ0n) is 8.23. The highest BCUT2D eigenvalue weighted by atomic mass is 16.6. The fraction of sp³-hybridized carbons (Fsp3) is 0.667. The predicted octanol–water partition coefficient (Wildman–Crippen LogP) is 1.37. The molecule has 0 saturated carbocycles. The highest BCUT2D eigenvalue weighted by molar-refractivity contribution is 5.65. The van der Waals surface area contributed by atoms with Crippen LogP contribution in [0.5, 0.6) is 0 Å². The molecule has 1 aliphatic rings. The van der Waals surface area contributed by atoms with Crippen LogP contribution in [0.15, 0.2) is 11.8 Å². The van der Waals surface area contributed by atoms with Crippen LogP contribution in [0.3, 0.4) is 0 Å². The summed E-state index contributed by atoms with van der Waals surface area (Å²) in [6.45, 7) is 3.39. The second-order valence-corrected chi connectivity index (χ2v) is 3.47. The van der Waals surface area contributed by atoms with Crippen LogP contribution >= 0.6 is 0 Å². The molecule has 14 heavy (non-hydrogen) atoms. The molecule has 0 spiro atoms. The summed E-state index contributed by atoms with van der Waals surface area (Å²) in [5, 5.41) is 10.5. The fourth-order valence-electron chi connectivity index (χ4n) is 1.58. The van der Waals surface area contributed by atoms with Crippen LogP contribution < -0.4 is 0 Å². The van der Waals surface area contributed by atoms with Gasteiger partial charge in [-0.3, -0.25) is 14.9 Å². The molecule has 5 nitrogen and oxygen atoms in total. The Balaban J connectivity index is 2.48. The Labute approximate surface area is 81.9 Å². The molecular weight excluding hydrogens is 186 g/mol. The molecule has 0 aromatic heterocycles. The van der Waals surface area contributed by atoms with Crippen LogP contribution in [0, 0.1) is 22.0 Å². The molecule has 0 aliphatic heterocycles. The van der Waals surface area contributed by atoms with Gasteiger partial charge in [0.1, 0.15) is 0 Å². The largest absolute Gasteiger partial charge is 0.466 e. The van der Waals surface area contributed by atoms with Gasteiger partial charge in [-0.1, -0.05) is 6.92 Å². The number of allylic oxidation sites excluding steroid dienone is 2. The van der Waals surface area contributed by atoms with Gasteiger partial charge in [0.05, 0.1) is 17.4 Å². The SMILES string of the molecule is CC(=O)OC[C@H]1CC=C([N+](=O)[O-])[C@H]1C. The molecule has 0 heterocycles. The van der Waals surface area contributed by atoms with E-state index in [1.54, 1.807) is 13.0 Å². The van der Waals surface area contributed by atoms with E-state index in [0.717, 1.165) is 0 Å². The number of nitrogens with zero attached hydrogens (tertiary/aromatic N) is 1. The maximum atomic E-state index is 10.5. The van der Waals surface area contributed by atoms with Crippen molar-refractivity contribution in [1.82, 2.24) is 0 Å². The quantitative estimate of drug-likeness (QED) is 0.391. The first kappa shape index (κ1) is 10.7. The van der Waals surface area contributed by atoms with Gasteiger partial charge in [0.15, 0.2) is 0 Å². The number of ether oxygens (including phenoxy) is 1. The molecule has 0 aromatic carbocycles. The fourth-order valence-corrected chi connectivity index (χ4v) is 1.58. The Morgan fingerprint density at radius 1 is 1.79 bits per heavy atom. The van der Waals surface area contributed by atoms with Gasteiger partial charge in [-0.05, 0) is 12.5 Å². The van der Waals surface area contributed by atoms with Crippen LogP contribution in [0.2, 0.25) is 0 Å². The van der Waals surface area contributed by atoms with E-state index in [4.69, 9.17) is 4.74 Å². The van der Waals surface area contributed by atoms with Crippen LogP contribution in [-0.4, -0.2) is 17.5 Å². The van der Waals surface area contributed by atoms with Crippen molar-refractivity contribution in [2.75, 3.05) is 6.61 Å². The summed E-state index contributed by atoms with van der Waals surface area (Å²) in [7, 11) is 0. The smallest absolute Gasteiger partial charge is 0.302 e. The van der Waals surface area contributed by atoms with Crippen molar-refractivity contribution >= 4 is 5.97 Å². The molecule has 0 amide bonds. The van der Waals surface area contributed by atoms with Crippen molar-refractivity contribution < 1.29 is 14.5 Å². The zero-order chi connectivity index (χ0) is 10.7. The number of rotatable bonds is 3. The normalized spacial score (nSPS) is 25.7. The topological polar surface area (TPSA) is 69.4 Å². The van der Waals surface area contributed by atoms with E-state index in [1.807, 2.05) is 0 Å². The Morgan fingerprint density at radius 3 is 2.86 bits per heavy atom. The lowest BCUT2D eigenvalue weighted by Gasteiger charge is -2.13. The molecule has 5 heteroatoms. The van der Waals surface area contributed by atoms with Gasteiger partial charge in [0, 0.05) is 12.8 Å². The van der Waals surface area contributed by atoms with Crippen molar-refractivity contribution in [1.29, 1.82) is 0 Å². The van der Waals surface area contributed by atoms with Crippen LogP contribution in [0.25, 0.3) is 0 Å². The number of hydrogen-bond donors (Lipinski definition) is 0. The van der Waals surface area contributed by atoms with Crippen molar-refractivity contribution in [3.63, 3.8) is 0 Å². The number of nitro groups is 1. The third-order valence-corrected chi connectivity index (χ3v) is 2.51. The highest BCUT2D eigenvalue weighted by Crippen LogP contribution is 2.31. The van der Waals surface area contributed by atoms with Gasteiger partial charge in [-0.25, -0.2) is 0 Å². The second kappa shape index (κ2) is 4.21. The zero-order valence-corrected chi connectivity index (χ0v) is 8.23. The molecule has 0 aromatic rings. The predicted molar refractivity (Wildman–Crippen MR) is 49.0 cm³/mol. The lowest BCUT2D eigenvalue weighted by molar-refractivity contribution is -0.433. The maximum absolute atomic E-state index is 10.5. The average Bonchev–Trinajstić information content (AvgIpc) is 2.43. The highest BCUT2D eigenvalue weighted by Gasteiger charge is 2.34. The minimum Gasteiger partial charge on any atom is -0.466 e. The van der Waals surface area contributed by atoms with Crippen molar-refractivity contribution in [3.05, 3.63) is 21.9 Å². The first-order chi connectivity index (χ1) is 6.52. The third kappa shape index (κ3) is 2.31. The van der Waals surface area contributed by atoms with Crippen molar-refractivity contribution in [2.24, 2.45) is 11.8 Å². The third-order valence-electron chi connectivity index (χ3n) is 2.51. The molecule has 1 rings (SSSR count). The molecule has 2 atom stereocenters. The van der Waals surface area contributed by atoms with Crippen LogP contribution in [0.1, 0.15) is 20.3 Å². The average molecular weight is 199 g/mol. The number of carbonyl (C=O) groups excluding carboxylic acids is 1. The van der Waals surface area contributed by atoms with E-state index in [2.05, 4.69) is 0 Å².